The predicted molar refractivity (Wildman–Crippen MR) is 90.7 cm³/mol. The number of nitrogens with two attached hydrogens (primary N) is 1. The van der Waals surface area contributed by atoms with E-state index in [1.807, 2.05) is 12.1 Å². The van der Waals surface area contributed by atoms with Crippen LogP contribution in [0.1, 0.15) is 0 Å². The first-order valence-electron chi connectivity index (χ1n) is 7.33. The van der Waals surface area contributed by atoms with Gasteiger partial charge in [0.25, 0.3) is 10.0 Å². The summed E-state index contributed by atoms with van der Waals surface area (Å²) in [5.41, 5.74) is 2.84. The molecule has 4 rings (SSSR count). The first-order valence-corrected chi connectivity index (χ1v) is 9.69. The molecule has 0 atom stereocenters. The summed E-state index contributed by atoms with van der Waals surface area (Å²) in [5, 5.41) is 9.04. The molecule has 1 saturated heterocycles. The first kappa shape index (κ1) is 15.5. The summed E-state index contributed by atoms with van der Waals surface area (Å²) >= 11 is 0.951. The van der Waals surface area contributed by atoms with Crippen LogP contribution in [0, 0.1) is 0 Å². The van der Waals surface area contributed by atoms with Crippen LogP contribution < -0.4 is 10.0 Å². The molecule has 1 aliphatic rings. The molecule has 0 saturated carbocycles. The van der Waals surface area contributed by atoms with Gasteiger partial charge in [0, 0.05) is 24.3 Å². The van der Waals surface area contributed by atoms with Crippen molar-refractivity contribution in [3.05, 3.63) is 30.5 Å². The molecule has 126 valence electrons. The van der Waals surface area contributed by atoms with Gasteiger partial charge >= 0.3 is 0 Å². The number of benzene rings is 1. The van der Waals surface area contributed by atoms with Crippen LogP contribution in [0.2, 0.25) is 0 Å². The number of rotatable bonds is 3. The minimum Gasteiger partial charge on any atom is -0.378 e. The second-order valence-electron chi connectivity index (χ2n) is 5.41. The molecule has 10 heteroatoms. The molecule has 2 aromatic heterocycles. The fourth-order valence-electron chi connectivity index (χ4n) is 2.60. The smallest absolute Gasteiger partial charge is 0.267 e. The zero-order valence-corrected chi connectivity index (χ0v) is 14.3. The Morgan fingerprint density at radius 3 is 2.50 bits per heavy atom. The maximum Gasteiger partial charge on any atom is 0.267 e. The van der Waals surface area contributed by atoms with E-state index in [1.54, 1.807) is 6.20 Å². The Hall–Kier alpha value is -2.01. The summed E-state index contributed by atoms with van der Waals surface area (Å²) < 4.78 is 29.3. The Morgan fingerprint density at radius 2 is 1.88 bits per heavy atom. The minimum absolute atomic E-state index is 0.140. The number of anilines is 1. The fraction of sp³-hybridized carbons (Fsp3) is 0.286. The standard InChI is InChI=1S/C14H15N5O3S2/c15-24(20,21)14-17-19-9-12(16-13(19)23-14)10-1-3-11(4-2-10)18-5-7-22-8-6-18/h1-4,9H,5-8H2,(H2,15,20,21). The van der Waals surface area contributed by atoms with Crippen molar-refractivity contribution in [2.75, 3.05) is 31.2 Å². The summed E-state index contributed by atoms with van der Waals surface area (Å²) in [6.07, 6.45) is 1.70. The van der Waals surface area contributed by atoms with E-state index in [0.29, 0.717) is 4.96 Å². The molecule has 0 amide bonds. The van der Waals surface area contributed by atoms with Crippen molar-refractivity contribution in [3.63, 3.8) is 0 Å². The lowest BCUT2D eigenvalue weighted by molar-refractivity contribution is 0.122. The van der Waals surface area contributed by atoms with Crippen molar-refractivity contribution < 1.29 is 13.2 Å². The molecular weight excluding hydrogens is 350 g/mol. The van der Waals surface area contributed by atoms with Crippen LogP contribution >= 0.6 is 11.3 Å². The SMILES string of the molecule is NS(=O)(=O)c1nn2cc(-c3ccc(N4CCOCC4)cc3)nc2s1. The number of imidazole rings is 1. The summed E-state index contributed by atoms with van der Waals surface area (Å²) in [4.78, 5) is 7.19. The van der Waals surface area contributed by atoms with Crippen LogP contribution in [-0.4, -0.2) is 49.3 Å². The summed E-state index contributed by atoms with van der Waals surface area (Å²) in [6, 6.07) is 8.10. The second-order valence-corrected chi connectivity index (χ2v) is 8.10. The fourth-order valence-corrected chi connectivity index (χ4v) is 4.11. The quantitative estimate of drug-likeness (QED) is 0.741. The average Bonchev–Trinajstić information content (AvgIpc) is 3.14. The zero-order chi connectivity index (χ0) is 16.7. The van der Waals surface area contributed by atoms with E-state index in [2.05, 4.69) is 27.1 Å². The number of fused-ring (bicyclic) bond motifs is 1. The van der Waals surface area contributed by atoms with Crippen molar-refractivity contribution >= 4 is 32.0 Å². The third-order valence-electron chi connectivity index (χ3n) is 3.81. The highest BCUT2D eigenvalue weighted by atomic mass is 32.2. The number of primary sulfonamides is 1. The Bertz CT molecular complexity index is 940. The van der Waals surface area contributed by atoms with Gasteiger partial charge in [-0.3, -0.25) is 0 Å². The van der Waals surface area contributed by atoms with Gasteiger partial charge in [0.1, 0.15) is 0 Å². The number of nitrogens with zero attached hydrogens (tertiary/aromatic N) is 4. The molecule has 0 spiro atoms. The van der Waals surface area contributed by atoms with E-state index in [0.717, 1.165) is 54.6 Å². The van der Waals surface area contributed by atoms with Gasteiger partial charge in [-0.25, -0.2) is 23.1 Å². The van der Waals surface area contributed by atoms with Gasteiger partial charge in [-0.2, -0.15) is 0 Å². The van der Waals surface area contributed by atoms with E-state index in [-0.39, 0.29) is 4.34 Å². The van der Waals surface area contributed by atoms with Gasteiger partial charge in [-0.15, -0.1) is 5.10 Å². The zero-order valence-electron chi connectivity index (χ0n) is 12.6. The third-order valence-corrected chi connectivity index (χ3v) is 6.04. The normalized spacial score (nSPS) is 16.0. The van der Waals surface area contributed by atoms with Crippen molar-refractivity contribution in [2.45, 2.75) is 4.34 Å². The predicted octanol–water partition coefficient (Wildman–Crippen LogP) is 0.942. The molecule has 0 aliphatic carbocycles. The van der Waals surface area contributed by atoms with Crippen molar-refractivity contribution in [3.8, 4) is 11.3 Å². The maximum atomic E-state index is 11.3. The van der Waals surface area contributed by atoms with Crippen molar-refractivity contribution in [1.82, 2.24) is 14.6 Å². The Kier molecular flexibility index (Phi) is 3.76. The van der Waals surface area contributed by atoms with Crippen LogP contribution in [0.5, 0.6) is 0 Å². The van der Waals surface area contributed by atoms with Gasteiger partial charge in [0.05, 0.1) is 25.1 Å². The van der Waals surface area contributed by atoms with Gasteiger partial charge in [-0.1, -0.05) is 23.5 Å². The number of hydrogen-bond acceptors (Lipinski definition) is 7. The Balaban J connectivity index is 1.61. The van der Waals surface area contributed by atoms with Crippen LogP contribution in [-0.2, 0) is 14.8 Å². The van der Waals surface area contributed by atoms with Gasteiger partial charge in [0.2, 0.25) is 9.30 Å². The molecule has 0 unspecified atom stereocenters. The van der Waals surface area contributed by atoms with E-state index < -0.39 is 10.0 Å². The van der Waals surface area contributed by atoms with Crippen LogP contribution in [0.25, 0.3) is 16.2 Å². The molecule has 1 aliphatic heterocycles. The number of morpholine rings is 1. The molecule has 0 bridgehead atoms. The second kappa shape index (κ2) is 5.81. The summed E-state index contributed by atoms with van der Waals surface area (Å²) in [7, 11) is -3.80. The molecule has 2 N–H and O–H groups in total. The number of ether oxygens (including phenoxy) is 1. The maximum absolute atomic E-state index is 11.3. The van der Waals surface area contributed by atoms with E-state index in [1.165, 1.54) is 4.52 Å². The summed E-state index contributed by atoms with van der Waals surface area (Å²) in [6.45, 7) is 3.27. The monoisotopic (exact) mass is 365 g/mol. The molecular formula is C14H15N5O3S2. The van der Waals surface area contributed by atoms with Crippen LogP contribution in [0.4, 0.5) is 5.69 Å². The minimum atomic E-state index is -3.80. The van der Waals surface area contributed by atoms with E-state index >= 15 is 0 Å². The average molecular weight is 365 g/mol. The highest BCUT2D eigenvalue weighted by Crippen LogP contribution is 2.26. The first-order chi connectivity index (χ1) is 11.5. The lowest BCUT2D eigenvalue weighted by Gasteiger charge is -2.28. The highest BCUT2D eigenvalue weighted by Gasteiger charge is 2.17. The van der Waals surface area contributed by atoms with Gasteiger partial charge < -0.3 is 9.64 Å². The highest BCUT2D eigenvalue weighted by molar-refractivity contribution is 7.91. The van der Waals surface area contributed by atoms with E-state index in [4.69, 9.17) is 9.88 Å². The van der Waals surface area contributed by atoms with Crippen LogP contribution in [0.15, 0.2) is 34.8 Å². The van der Waals surface area contributed by atoms with Gasteiger partial charge in [0.15, 0.2) is 0 Å². The number of aromatic nitrogens is 3. The molecule has 1 aromatic carbocycles. The lowest BCUT2D eigenvalue weighted by atomic mass is 10.1. The van der Waals surface area contributed by atoms with E-state index in [9.17, 15) is 8.42 Å². The molecule has 3 aromatic rings. The van der Waals surface area contributed by atoms with Crippen LogP contribution in [0.3, 0.4) is 0 Å². The molecule has 1 fully saturated rings. The molecule has 8 nitrogen and oxygen atoms in total. The topological polar surface area (TPSA) is 103 Å². The third kappa shape index (κ3) is 2.88. The molecule has 0 radical (unpaired) electrons. The number of sulfonamides is 1. The molecule has 3 heterocycles. The lowest BCUT2D eigenvalue weighted by Crippen LogP contribution is -2.36. The largest absolute Gasteiger partial charge is 0.378 e. The Labute approximate surface area is 142 Å². The Morgan fingerprint density at radius 1 is 1.17 bits per heavy atom. The van der Waals surface area contributed by atoms with Crippen molar-refractivity contribution in [1.29, 1.82) is 0 Å². The number of hydrogen-bond donors (Lipinski definition) is 1. The van der Waals surface area contributed by atoms with Gasteiger partial charge in [-0.05, 0) is 12.1 Å². The summed E-state index contributed by atoms with van der Waals surface area (Å²) in [5.74, 6) is 0. The van der Waals surface area contributed by atoms with Crippen molar-refractivity contribution in [2.24, 2.45) is 5.14 Å². The molecule has 24 heavy (non-hydrogen) atoms.